The maximum Gasteiger partial charge on any atom is 0.408 e. The number of hydrogen-bond acceptors (Lipinski definition) is 4. The number of nitrogens with zero attached hydrogens (tertiary/aromatic N) is 4. The van der Waals surface area contributed by atoms with Gasteiger partial charge in [-0.05, 0) is 43.9 Å². The van der Waals surface area contributed by atoms with Crippen LogP contribution in [-0.2, 0) is 0 Å². The number of aryl methyl sites for hydroxylation is 1. The van der Waals surface area contributed by atoms with E-state index in [1.54, 1.807) is 19.1 Å². The molecule has 0 spiro atoms. The van der Waals surface area contributed by atoms with E-state index in [4.69, 9.17) is 11.0 Å². The molecule has 3 aromatic rings. The van der Waals surface area contributed by atoms with E-state index in [0.29, 0.717) is 30.0 Å². The predicted octanol–water partition coefficient (Wildman–Crippen LogP) is 3.92. The summed E-state index contributed by atoms with van der Waals surface area (Å²) in [6, 6.07) is 2.82. The number of fused-ring (bicyclic) bond motifs is 1. The van der Waals surface area contributed by atoms with Crippen molar-refractivity contribution in [2.24, 2.45) is 5.92 Å². The smallest absolute Gasteiger partial charge is 0.408 e. The fourth-order valence-electron chi connectivity index (χ4n) is 3.04. The molecule has 1 atom stereocenters. The molecule has 0 bridgehead atoms. The van der Waals surface area contributed by atoms with Gasteiger partial charge in [0, 0.05) is 5.69 Å². The summed E-state index contributed by atoms with van der Waals surface area (Å²) >= 11 is 0. The maximum atomic E-state index is 13.2. The normalized spacial score (nSPS) is 15.4. The number of hydrogen-bond donors (Lipinski definition) is 1. The standard InChI is InChI=1S/C18H14F3N5O2/c1-9-7-11(12-5-6-13(22-2)28-12)24-16-14(23-8-26(9)16)17(27)25-15(10-3-4-10)18(19,20)21/h5-8,10,15H,3-4H2,1H3,(H,25,27). The van der Waals surface area contributed by atoms with Crippen LogP contribution in [0.2, 0.25) is 0 Å². The summed E-state index contributed by atoms with van der Waals surface area (Å²) in [6.45, 7) is 8.70. The minimum Gasteiger partial charge on any atom is -0.478 e. The number of alkyl halides is 3. The molecule has 7 nitrogen and oxygen atoms in total. The Labute approximate surface area is 157 Å². The van der Waals surface area contributed by atoms with E-state index in [-0.39, 0.29) is 17.2 Å². The first-order valence-electron chi connectivity index (χ1n) is 8.48. The second kappa shape index (κ2) is 6.37. The largest absolute Gasteiger partial charge is 0.478 e. The first-order chi connectivity index (χ1) is 13.3. The van der Waals surface area contributed by atoms with Crippen molar-refractivity contribution < 1.29 is 22.4 Å². The third-order valence-corrected chi connectivity index (χ3v) is 4.60. The zero-order valence-electron chi connectivity index (χ0n) is 14.6. The maximum absolute atomic E-state index is 13.2. The van der Waals surface area contributed by atoms with Gasteiger partial charge < -0.3 is 9.73 Å². The second-order valence-electron chi connectivity index (χ2n) is 6.65. The van der Waals surface area contributed by atoms with Crippen molar-refractivity contribution in [1.82, 2.24) is 19.7 Å². The molecule has 1 aliphatic carbocycles. The number of furan rings is 1. The molecule has 28 heavy (non-hydrogen) atoms. The molecule has 1 unspecified atom stereocenters. The Hall–Kier alpha value is -3.35. The number of halogens is 3. The van der Waals surface area contributed by atoms with E-state index in [0.717, 1.165) is 0 Å². The molecule has 3 heterocycles. The van der Waals surface area contributed by atoms with Crippen LogP contribution in [0.3, 0.4) is 0 Å². The number of rotatable bonds is 4. The van der Waals surface area contributed by atoms with Crippen LogP contribution < -0.4 is 5.32 Å². The Morgan fingerprint density at radius 3 is 2.79 bits per heavy atom. The Bertz CT molecular complexity index is 1100. The van der Waals surface area contributed by atoms with Gasteiger partial charge in [-0.3, -0.25) is 9.20 Å². The first kappa shape index (κ1) is 18.0. The van der Waals surface area contributed by atoms with Crippen molar-refractivity contribution in [2.75, 3.05) is 0 Å². The van der Waals surface area contributed by atoms with E-state index < -0.39 is 24.0 Å². The van der Waals surface area contributed by atoms with E-state index in [9.17, 15) is 18.0 Å². The van der Waals surface area contributed by atoms with E-state index >= 15 is 0 Å². The van der Waals surface area contributed by atoms with Gasteiger partial charge in [0.05, 0.1) is 6.57 Å². The average molecular weight is 389 g/mol. The molecule has 3 aromatic heterocycles. The molecular formula is C18H14F3N5O2. The summed E-state index contributed by atoms with van der Waals surface area (Å²) in [4.78, 5) is 24.0. The number of nitrogens with one attached hydrogen (secondary N) is 1. The van der Waals surface area contributed by atoms with Crippen molar-refractivity contribution >= 4 is 17.4 Å². The zero-order valence-corrected chi connectivity index (χ0v) is 14.6. The average Bonchev–Trinajstić information content (AvgIpc) is 3.18. The van der Waals surface area contributed by atoms with Gasteiger partial charge in [-0.15, -0.1) is 0 Å². The number of carbonyl (C=O) groups excluding carboxylic acids is 1. The zero-order chi connectivity index (χ0) is 20.1. The Morgan fingerprint density at radius 2 is 2.18 bits per heavy atom. The lowest BCUT2D eigenvalue weighted by atomic mass is 10.1. The van der Waals surface area contributed by atoms with Crippen LogP contribution in [-0.4, -0.2) is 32.5 Å². The Morgan fingerprint density at radius 1 is 1.43 bits per heavy atom. The lowest BCUT2D eigenvalue weighted by Gasteiger charge is -2.20. The number of amides is 1. The highest BCUT2D eigenvalue weighted by Crippen LogP contribution is 2.40. The van der Waals surface area contributed by atoms with Gasteiger partial charge in [0.15, 0.2) is 11.3 Å². The summed E-state index contributed by atoms with van der Waals surface area (Å²) in [5, 5.41) is 2.06. The summed E-state index contributed by atoms with van der Waals surface area (Å²) in [7, 11) is 0. The van der Waals surface area contributed by atoms with Crippen LogP contribution in [0.15, 0.2) is 28.9 Å². The van der Waals surface area contributed by atoms with Gasteiger partial charge in [-0.1, -0.05) is 0 Å². The predicted molar refractivity (Wildman–Crippen MR) is 91.7 cm³/mol. The summed E-state index contributed by atoms with van der Waals surface area (Å²) < 4.78 is 46.5. The number of carbonyl (C=O) groups is 1. The third-order valence-electron chi connectivity index (χ3n) is 4.60. The summed E-state index contributed by atoms with van der Waals surface area (Å²) in [6.07, 6.45) is -2.33. The molecule has 1 saturated carbocycles. The van der Waals surface area contributed by atoms with Gasteiger partial charge in [0.2, 0.25) is 0 Å². The monoisotopic (exact) mass is 389 g/mol. The lowest BCUT2D eigenvalue weighted by Crippen LogP contribution is -2.47. The van der Waals surface area contributed by atoms with E-state index in [2.05, 4.69) is 20.1 Å². The fraction of sp³-hybridized carbons (Fsp3) is 0.333. The van der Waals surface area contributed by atoms with Gasteiger partial charge >= 0.3 is 12.1 Å². The van der Waals surface area contributed by atoms with Crippen LogP contribution in [0.1, 0.15) is 29.0 Å². The van der Waals surface area contributed by atoms with Gasteiger partial charge in [-0.25, -0.2) is 9.97 Å². The van der Waals surface area contributed by atoms with Crippen molar-refractivity contribution in [3.8, 4) is 11.5 Å². The SMILES string of the molecule is [C-]#[N+]c1ccc(-c2cc(C)n3cnc(C(=O)NC(C4CC4)C(F)(F)F)c3n2)o1. The minimum atomic E-state index is -4.52. The van der Waals surface area contributed by atoms with Crippen LogP contribution in [0.5, 0.6) is 0 Å². The molecule has 0 aromatic carbocycles. The van der Waals surface area contributed by atoms with Crippen LogP contribution >= 0.6 is 0 Å². The molecule has 10 heteroatoms. The molecular weight excluding hydrogens is 375 g/mol. The molecule has 4 rings (SSSR count). The number of imidazole rings is 1. The first-order valence-corrected chi connectivity index (χ1v) is 8.48. The van der Waals surface area contributed by atoms with Crippen LogP contribution in [0.4, 0.5) is 19.1 Å². The number of aromatic nitrogens is 3. The highest BCUT2D eigenvalue weighted by molar-refractivity contribution is 5.98. The quantitative estimate of drug-likeness (QED) is 0.686. The highest BCUT2D eigenvalue weighted by atomic mass is 19.4. The second-order valence-corrected chi connectivity index (χ2v) is 6.65. The Kier molecular flexibility index (Phi) is 4.10. The lowest BCUT2D eigenvalue weighted by molar-refractivity contribution is -0.158. The molecule has 1 amide bonds. The van der Waals surface area contributed by atoms with Crippen LogP contribution in [0, 0.1) is 19.4 Å². The molecule has 1 N–H and O–H groups in total. The fourth-order valence-corrected chi connectivity index (χ4v) is 3.04. The van der Waals surface area contributed by atoms with Crippen molar-refractivity contribution in [1.29, 1.82) is 0 Å². The third kappa shape index (κ3) is 3.19. The van der Waals surface area contributed by atoms with E-state index in [1.165, 1.54) is 16.8 Å². The molecule has 0 aliphatic heterocycles. The van der Waals surface area contributed by atoms with Gasteiger partial charge in [-0.2, -0.15) is 18.0 Å². The Balaban J connectivity index is 1.71. The molecule has 1 aliphatic rings. The summed E-state index contributed by atoms with van der Waals surface area (Å²) in [5.74, 6) is -1.13. The molecule has 0 saturated heterocycles. The minimum absolute atomic E-state index is 0.0817. The van der Waals surface area contributed by atoms with E-state index in [1.807, 2.05) is 0 Å². The molecule has 144 valence electrons. The summed E-state index contributed by atoms with van der Waals surface area (Å²) in [5.41, 5.74) is 0.924. The van der Waals surface area contributed by atoms with Crippen molar-refractivity contribution in [3.05, 3.63) is 47.3 Å². The van der Waals surface area contributed by atoms with Crippen LogP contribution in [0.25, 0.3) is 21.9 Å². The van der Waals surface area contributed by atoms with Crippen molar-refractivity contribution in [2.45, 2.75) is 32.0 Å². The molecule has 1 fully saturated rings. The van der Waals surface area contributed by atoms with Crippen molar-refractivity contribution in [3.63, 3.8) is 0 Å². The van der Waals surface area contributed by atoms with Gasteiger partial charge in [0.25, 0.3) is 5.91 Å². The van der Waals surface area contributed by atoms with Gasteiger partial charge in [0.1, 0.15) is 23.8 Å². The topological polar surface area (TPSA) is 76.8 Å². The highest BCUT2D eigenvalue weighted by Gasteiger charge is 2.50. The molecule has 0 radical (unpaired) electrons.